The van der Waals surface area contributed by atoms with E-state index in [-0.39, 0.29) is 17.4 Å². The maximum absolute atomic E-state index is 13.2. The molecule has 1 aliphatic heterocycles. The predicted octanol–water partition coefficient (Wildman–Crippen LogP) is 5.85. The number of ketones is 1. The third kappa shape index (κ3) is 4.33. The van der Waals surface area contributed by atoms with Gasteiger partial charge in [-0.2, -0.15) is 0 Å². The van der Waals surface area contributed by atoms with Crippen LogP contribution in [0.1, 0.15) is 68.0 Å². The van der Waals surface area contributed by atoms with Gasteiger partial charge in [0.05, 0.1) is 18.2 Å². The third-order valence-electron chi connectivity index (χ3n) is 6.28. The highest BCUT2D eigenvalue weighted by atomic mass is 32.1. The fourth-order valence-corrected chi connectivity index (χ4v) is 5.51. The molecule has 170 valence electrons. The van der Waals surface area contributed by atoms with Gasteiger partial charge in [0, 0.05) is 16.5 Å². The van der Waals surface area contributed by atoms with Crippen molar-refractivity contribution in [3.63, 3.8) is 0 Å². The van der Waals surface area contributed by atoms with Crippen LogP contribution < -0.4 is 4.74 Å². The van der Waals surface area contributed by atoms with E-state index in [9.17, 15) is 14.7 Å². The van der Waals surface area contributed by atoms with Crippen LogP contribution in [0.25, 0.3) is 5.76 Å². The molecule has 5 nitrogen and oxygen atoms in total. The number of ether oxygens (including phenoxy) is 1. The Bertz CT molecular complexity index is 1020. The van der Waals surface area contributed by atoms with E-state index in [4.69, 9.17) is 4.74 Å². The molecule has 1 N–H and O–H groups in total. The number of aliphatic hydroxyl groups excluding tert-OH is 1. The number of thiophene rings is 1. The summed E-state index contributed by atoms with van der Waals surface area (Å²) in [5.74, 6) is -0.0370. The second-order valence-corrected chi connectivity index (χ2v) is 10.2. The van der Waals surface area contributed by atoms with Gasteiger partial charge in [-0.15, -0.1) is 11.3 Å². The molecule has 1 saturated heterocycles. The maximum Gasteiger partial charge on any atom is 0.295 e. The molecule has 6 heteroatoms. The zero-order valence-electron chi connectivity index (χ0n) is 19.0. The van der Waals surface area contributed by atoms with Gasteiger partial charge < -0.3 is 14.7 Å². The Morgan fingerprint density at radius 2 is 1.94 bits per heavy atom. The number of benzene rings is 1. The smallest absolute Gasteiger partial charge is 0.295 e. The summed E-state index contributed by atoms with van der Waals surface area (Å²) in [7, 11) is 0. The Morgan fingerprint density at radius 1 is 1.19 bits per heavy atom. The van der Waals surface area contributed by atoms with E-state index in [1.165, 1.54) is 11.3 Å². The van der Waals surface area contributed by atoms with Crippen LogP contribution in [-0.4, -0.2) is 34.3 Å². The molecule has 2 aliphatic rings. The van der Waals surface area contributed by atoms with Gasteiger partial charge in [0.1, 0.15) is 11.5 Å². The first kappa shape index (κ1) is 22.6. The van der Waals surface area contributed by atoms with E-state index < -0.39 is 17.7 Å². The number of hydrogen-bond donors (Lipinski definition) is 1. The van der Waals surface area contributed by atoms with Crippen LogP contribution in [0, 0.1) is 12.8 Å². The van der Waals surface area contributed by atoms with Crippen molar-refractivity contribution in [2.24, 2.45) is 5.92 Å². The zero-order chi connectivity index (χ0) is 22.8. The van der Waals surface area contributed by atoms with Gasteiger partial charge in [-0.3, -0.25) is 9.59 Å². The number of carbonyl (C=O) groups is 2. The Kier molecular flexibility index (Phi) is 6.70. The van der Waals surface area contributed by atoms with Crippen LogP contribution in [-0.2, 0) is 9.59 Å². The lowest BCUT2D eigenvalue weighted by Crippen LogP contribution is -2.40. The molecule has 1 aromatic carbocycles. The zero-order valence-corrected chi connectivity index (χ0v) is 19.8. The van der Waals surface area contributed by atoms with Crippen LogP contribution in [0.5, 0.6) is 5.75 Å². The normalized spacial score (nSPS) is 21.5. The fraction of sp³-hybridized carbons (Fsp3) is 0.462. The summed E-state index contributed by atoms with van der Waals surface area (Å²) in [5, 5.41) is 13.2. The van der Waals surface area contributed by atoms with Gasteiger partial charge in [0.15, 0.2) is 0 Å². The van der Waals surface area contributed by atoms with Gasteiger partial charge in [0.25, 0.3) is 11.7 Å². The fourth-order valence-electron chi connectivity index (χ4n) is 4.68. The number of amides is 1. The summed E-state index contributed by atoms with van der Waals surface area (Å²) < 4.78 is 5.85. The minimum atomic E-state index is -0.593. The van der Waals surface area contributed by atoms with E-state index in [1.807, 2.05) is 36.6 Å². The topological polar surface area (TPSA) is 66.8 Å². The summed E-state index contributed by atoms with van der Waals surface area (Å²) in [6.45, 7) is 6.71. The molecule has 2 fully saturated rings. The minimum absolute atomic E-state index is 0.0335. The van der Waals surface area contributed by atoms with E-state index in [1.54, 1.807) is 11.0 Å². The van der Waals surface area contributed by atoms with E-state index in [0.29, 0.717) is 18.1 Å². The quantitative estimate of drug-likeness (QED) is 0.339. The number of Topliss-reactive ketones (excluding diaryl/α,β-unsaturated/α-hetero) is 1. The average Bonchev–Trinajstić information content (AvgIpc) is 3.40. The molecular weight excluding hydrogens is 422 g/mol. The largest absolute Gasteiger partial charge is 0.507 e. The second kappa shape index (κ2) is 9.49. The number of hydrogen-bond acceptors (Lipinski definition) is 5. The molecule has 2 heterocycles. The van der Waals surface area contributed by atoms with Crippen molar-refractivity contribution >= 4 is 28.8 Å². The maximum atomic E-state index is 13.2. The Balaban J connectivity index is 1.75. The van der Waals surface area contributed by atoms with E-state index in [0.717, 1.165) is 48.3 Å². The SMILES string of the molecule is Cc1cc(/C(O)=C2/C(=O)C(=O)N(C3CCCCC3)C2c2cccs2)ccc1OCC(C)C. The molecule has 1 saturated carbocycles. The number of rotatable bonds is 6. The van der Waals surface area contributed by atoms with Crippen LogP contribution in [0.3, 0.4) is 0 Å². The summed E-state index contributed by atoms with van der Waals surface area (Å²) in [6.07, 6.45) is 5.07. The molecule has 1 unspecified atom stereocenters. The number of aliphatic hydroxyl groups is 1. The first-order valence-electron chi connectivity index (χ1n) is 11.5. The predicted molar refractivity (Wildman–Crippen MR) is 127 cm³/mol. The third-order valence-corrected chi connectivity index (χ3v) is 7.21. The van der Waals surface area contributed by atoms with Gasteiger partial charge in [-0.05, 0) is 60.9 Å². The molecule has 1 amide bonds. The summed E-state index contributed by atoms with van der Waals surface area (Å²) >= 11 is 1.51. The Morgan fingerprint density at radius 3 is 2.56 bits per heavy atom. The lowest BCUT2D eigenvalue weighted by atomic mass is 9.92. The van der Waals surface area contributed by atoms with Gasteiger partial charge in [0.2, 0.25) is 0 Å². The molecule has 2 aromatic rings. The molecule has 0 spiro atoms. The van der Waals surface area contributed by atoms with Gasteiger partial charge in [-0.1, -0.05) is 39.2 Å². The molecule has 32 heavy (non-hydrogen) atoms. The second-order valence-electron chi connectivity index (χ2n) is 9.20. The molecule has 1 atom stereocenters. The highest BCUT2D eigenvalue weighted by Gasteiger charge is 2.49. The van der Waals surface area contributed by atoms with Crippen molar-refractivity contribution in [2.45, 2.75) is 65.0 Å². The van der Waals surface area contributed by atoms with Crippen molar-refractivity contribution < 1.29 is 19.4 Å². The first-order valence-corrected chi connectivity index (χ1v) is 12.3. The molecular formula is C26H31NO4S. The van der Waals surface area contributed by atoms with Crippen LogP contribution in [0.15, 0.2) is 41.3 Å². The number of aryl methyl sites for hydroxylation is 1. The van der Waals surface area contributed by atoms with Gasteiger partial charge >= 0.3 is 0 Å². The highest BCUT2D eigenvalue weighted by molar-refractivity contribution is 7.10. The van der Waals surface area contributed by atoms with Crippen LogP contribution in [0.2, 0.25) is 0 Å². The summed E-state index contributed by atoms with van der Waals surface area (Å²) in [4.78, 5) is 29.0. The van der Waals surface area contributed by atoms with Crippen molar-refractivity contribution in [3.05, 3.63) is 57.3 Å². The Hall–Kier alpha value is -2.60. The average molecular weight is 454 g/mol. The lowest BCUT2D eigenvalue weighted by molar-refractivity contribution is -0.141. The van der Waals surface area contributed by atoms with Crippen molar-refractivity contribution in [3.8, 4) is 5.75 Å². The number of carbonyl (C=O) groups excluding carboxylic acids is 2. The van der Waals surface area contributed by atoms with E-state index in [2.05, 4.69) is 13.8 Å². The number of likely N-dealkylation sites (tertiary alicyclic amines) is 1. The Labute approximate surface area is 193 Å². The molecule has 1 aliphatic carbocycles. The first-order chi connectivity index (χ1) is 15.4. The standard InChI is InChI=1S/C26H31NO4S/c1-16(2)15-31-20-12-11-18(14-17(20)3)24(28)22-23(21-10-7-13-32-21)27(26(30)25(22)29)19-8-5-4-6-9-19/h7,10-14,16,19,23,28H,4-6,8-9,15H2,1-3H3/b24-22-. The molecule has 0 radical (unpaired) electrons. The van der Waals surface area contributed by atoms with Crippen molar-refractivity contribution in [2.75, 3.05) is 6.61 Å². The highest BCUT2D eigenvalue weighted by Crippen LogP contribution is 2.44. The monoisotopic (exact) mass is 453 g/mol. The molecule has 4 rings (SSSR count). The summed E-state index contributed by atoms with van der Waals surface area (Å²) in [5.41, 5.74) is 1.60. The lowest BCUT2D eigenvalue weighted by Gasteiger charge is -2.34. The molecule has 1 aromatic heterocycles. The van der Waals surface area contributed by atoms with Crippen molar-refractivity contribution in [1.82, 2.24) is 4.90 Å². The summed E-state index contributed by atoms with van der Waals surface area (Å²) in [6, 6.07) is 8.78. The van der Waals surface area contributed by atoms with Crippen LogP contribution >= 0.6 is 11.3 Å². The van der Waals surface area contributed by atoms with Crippen molar-refractivity contribution in [1.29, 1.82) is 0 Å². The van der Waals surface area contributed by atoms with E-state index >= 15 is 0 Å². The van der Waals surface area contributed by atoms with Gasteiger partial charge in [-0.25, -0.2) is 0 Å². The molecule has 0 bridgehead atoms. The van der Waals surface area contributed by atoms with Crippen LogP contribution in [0.4, 0.5) is 0 Å². The minimum Gasteiger partial charge on any atom is -0.507 e. The number of nitrogens with zero attached hydrogens (tertiary/aromatic N) is 1.